The molecular weight excluding hydrogens is 444 g/mol. The monoisotopic (exact) mass is 478 g/mol. The number of anilines is 1. The van der Waals surface area contributed by atoms with Gasteiger partial charge in [0.1, 0.15) is 5.84 Å². The van der Waals surface area contributed by atoms with Crippen LogP contribution in [0.25, 0.3) is 0 Å². The van der Waals surface area contributed by atoms with Gasteiger partial charge in [0.25, 0.3) is 5.91 Å². The molecule has 8 heteroatoms. The highest BCUT2D eigenvalue weighted by molar-refractivity contribution is 6.05. The third kappa shape index (κ3) is 6.46. The number of carbonyl (C=O) groups is 2. The number of hydrogen-bond acceptors (Lipinski definition) is 6. The van der Waals surface area contributed by atoms with Gasteiger partial charge in [-0.3, -0.25) is 15.0 Å². The first-order chi connectivity index (χ1) is 16.9. The lowest BCUT2D eigenvalue weighted by molar-refractivity contribution is -0.145. The molecule has 0 saturated carbocycles. The lowest BCUT2D eigenvalue weighted by Crippen LogP contribution is -2.40. The summed E-state index contributed by atoms with van der Waals surface area (Å²) in [4.78, 5) is 26.1. The van der Waals surface area contributed by atoms with Crippen LogP contribution in [0.3, 0.4) is 0 Å². The first-order valence-electron chi connectivity index (χ1n) is 12.3. The van der Waals surface area contributed by atoms with E-state index in [1.54, 1.807) is 12.1 Å². The molecule has 2 aromatic rings. The van der Waals surface area contributed by atoms with Crippen molar-refractivity contribution < 1.29 is 19.1 Å². The van der Waals surface area contributed by atoms with Gasteiger partial charge in [-0.15, -0.1) is 0 Å². The van der Waals surface area contributed by atoms with Crippen LogP contribution in [0.5, 0.6) is 0 Å². The normalized spacial score (nSPS) is 18.3. The standard InChI is InChI=1S/C27H34N4O4/c1-18(35-19(2)32)3-10-25-24-17-23(9-8-20(24)11-12-29-25)30-27(33)22-6-4-21(5-7-22)26(28)31-13-15-34-16-14-31/h4-9,17-18,25,28-29H,3,10-16H2,1-2H3,(H,30,33). The number of morpholine rings is 1. The van der Waals surface area contributed by atoms with Crippen LogP contribution in [0, 0.1) is 5.41 Å². The number of nitrogens with zero attached hydrogens (tertiary/aromatic N) is 1. The molecule has 3 N–H and O–H groups in total. The Balaban J connectivity index is 1.39. The summed E-state index contributed by atoms with van der Waals surface area (Å²) >= 11 is 0. The van der Waals surface area contributed by atoms with E-state index in [-0.39, 0.29) is 24.0 Å². The van der Waals surface area contributed by atoms with Crippen molar-refractivity contribution in [2.24, 2.45) is 0 Å². The van der Waals surface area contributed by atoms with Gasteiger partial charge in [-0.2, -0.15) is 0 Å². The number of carbonyl (C=O) groups excluding carboxylic acids is 2. The van der Waals surface area contributed by atoms with E-state index in [0.29, 0.717) is 37.7 Å². The molecule has 0 aliphatic carbocycles. The molecule has 0 spiro atoms. The minimum atomic E-state index is -0.259. The smallest absolute Gasteiger partial charge is 0.302 e. The first-order valence-corrected chi connectivity index (χ1v) is 12.3. The van der Waals surface area contributed by atoms with Crippen molar-refractivity contribution in [3.8, 4) is 0 Å². The maximum Gasteiger partial charge on any atom is 0.302 e. The van der Waals surface area contributed by atoms with Gasteiger partial charge in [0.2, 0.25) is 0 Å². The van der Waals surface area contributed by atoms with Crippen molar-refractivity contribution >= 4 is 23.4 Å². The van der Waals surface area contributed by atoms with Crippen molar-refractivity contribution in [2.45, 2.75) is 45.3 Å². The summed E-state index contributed by atoms with van der Waals surface area (Å²) in [5.41, 5.74) is 4.54. The Morgan fingerprint density at radius 3 is 2.60 bits per heavy atom. The zero-order valence-corrected chi connectivity index (χ0v) is 20.4. The fourth-order valence-corrected chi connectivity index (χ4v) is 4.67. The van der Waals surface area contributed by atoms with Gasteiger partial charge >= 0.3 is 5.97 Å². The van der Waals surface area contributed by atoms with Gasteiger partial charge in [-0.25, -0.2) is 0 Å². The third-order valence-corrected chi connectivity index (χ3v) is 6.54. The number of esters is 1. The van der Waals surface area contributed by atoms with Gasteiger partial charge in [0, 0.05) is 42.9 Å². The molecule has 2 atom stereocenters. The predicted octanol–water partition coefficient (Wildman–Crippen LogP) is 3.52. The number of benzene rings is 2. The molecule has 0 radical (unpaired) electrons. The summed E-state index contributed by atoms with van der Waals surface area (Å²) in [5.74, 6) is 0.0141. The Hall–Kier alpha value is -3.23. The van der Waals surface area contributed by atoms with E-state index in [9.17, 15) is 9.59 Å². The van der Waals surface area contributed by atoms with E-state index >= 15 is 0 Å². The Morgan fingerprint density at radius 1 is 1.17 bits per heavy atom. The quantitative estimate of drug-likeness (QED) is 0.320. The van der Waals surface area contributed by atoms with Gasteiger partial charge in [-0.1, -0.05) is 18.2 Å². The Morgan fingerprint density at radius 2 is 1.89 bits per heavy atom. The van der Waals surface area contributed by atoms with Crippen LogP contribution in [0.1, 0.15) is 59.8 Å². The van der Waals surface area contributed by atoms with Crippen molar-refractivity contribution in [1.82, 2.24) is 10.2 Å². The van der Waals surface area contributed by atoms with E-state index in [1.807, 2.05) is 36.1 Å². The minimum absolute atomic E-state index is 0.129. The molecular formula is C27H34N4O4. The van der Waals surface area contributed by atoms with E-state index in [2.05, 4.69) is 16.7 Å². The number of fused-ring (bicyclic) bond motifs is 1. The SMILES string of the molecule is CC(=O)OC(C)CCC1NCCc2ccc(NC(=O)c3ccc(C(=N)N4CCOCC4)cc3)cc21. The van der Waals surface area contributed by atoms with Crippen LogP contribution in [0.2, 0.25) is 0 Å². The number of amidine groups is 1. The zero-order chi connectivity index (χ0) is 24.8. The largest absolute Gasteiger partial charge is 0.463 e. The third-order valence-electron chi connectivity index (χ3n) is 6.54. The highest BCUT2D eigenvalue weighted by Crippen LogP contribution is 2.30. The lowest BCUT2D eigenvalue weighted by atomic mass is 9.90. The van der Waals surface area contributed by atoms with Crippen molar-refractivity contribution in [2.75, 3.05) is 38.2 Å². The summed E-state index contributed by atoms with van der Waals surface area (Å²) in [6.45, 7) is 6.92. The fourth-order valence-electron chi connectivity index (χ4n) is 4.67. The number of amides is 1. The first kappa shape index (κ1) is 24.9. The second-order valence-corrected chi connectivity index (χ2v) is 9.15. The van der Waals surface area contributed by atoms with Crippen LogP contribution < -0.4 is 10.6 Å². The Bertz CT molecular complexity index is 1060. The molecule has 2 unspecified atom stereocenters. The van der Waals surface area contributed by atoms with Crippen molar-refractivity contribution in [3.05, 3.63) is 64.7 Å². The predicted molar refractivity (Wildman–Crippen MR) is 135 cm³/mol. The molecule has 2 aliphatic rings. The summed E-state index contributed by atoms with van der Waals surface area (Å²) in [6.07, 6.45) is 2.42. The fraction of sp³-hybridized carbons (Fsp3) is 0.444. The molecule has 0 bridgehead atoms. The molecule has 2 aromatic carbocycles. The van der Waals surface area contributed by atoms with Gasteiger partial charge in [0.15, 0.2) is 0 Å². The van der Waals surface area contributed by atoms with E-state index < -0.39 is 0 Å². The zero-order valence-electron chi connectivity index (χ0n) is 20.4. The number of hydrogen-bond donors (Lipinski definition) is 3. The maximum atomic E-state index is 12.9. The van der Waals surface area contributed by atoms with Gasteiger partial charge in [0.05, 0.1) is 19.3 Å². The molecule has 186 valence electrons. The van der Waals surface area contributed by atoms with E-state index in [0.717, 1.165) is 37.1 Å². The van der Waals surface area contributed by atoms with E-state index in [4.69, 9.17) is 14.9 Å². The molecule has 0 aromatic heterocycles. The lowest BCUT2D eigenvalue weighted by Gasteiger charge is -2.29. The van der Waals surface area contributed by atoms with Crippen LogP contribution in [0.4, 0.5) is 5.69 Å². The molecule has 1 fully saturated rings. The highest BCUT2D eigenvalue weighted by Gasteiger charge is 2.22. The minimum Gasteiger partial charge on any atom is -0.463 e. The average Bonchev–Trinajstić information content (AvgIpc) is 2.87. The maximum absolute atomic E-state index is 12.9. The summed E-state index contributed by atoms with van der Waals surface area (Å²) in [7, 11) is 0. The van der Waals surface area contributed by atoms with Gasteiger partial charge < -0.3 is 25.0 Å². The van der Waals surface area contributed by atoms with Crippen LogP contribution in [0.15, 0.2) is 42.5 Å². The molecule has 35 heavy (non-hydrogen) atoms. The second kappa shape index (κ2) is 11.5. The Kier molecular flexibility index (Phi) is 8.15. The van der Waals surface area contributed by atoms with Crippen LogP contribution >= 0.6 is 0 Å². The number of rotatable bonds is 7. The molecule has 2 heterocycles. The van der Waals surface area contributed by atoms with Crippen LogP contribution in [-0.4, -0.2) is 61.6 Å². The molecule has 4 rings (SSSR count). The average molecular weight is 479 g/mol. The van der Waals surface area contributed by atoms with Crippen molar-refractivity contribution in [1.29, 1.82) is 5.41 Å². The number of nitrogens with one attached hydrogen (secondary N) is 3. The Labute approximate surface area is 206 Å². The second-order valence-electron chi connectivity index (χ2n) is 9.15. The number of ether oxygens (including phenoxy) is 2. The van der Waals surface area contributed by atoms with Crippen LogP contribution in [-0.2, 0) is 20.7 Å². The molecule has 1 amide bonds. The molecule has 2 aliphatic heterocycles. The summed E-state index contributed by atoms with van der Waals surface area (Å²) in [5, 5.41) is 15.0. The summed E-state index contributed by atoms with van der Waals surface area (Å²) in [6, 6.07) is 13.4. The van der Waals surface area contributed by atoms with E-state index in [1.165, 1.54) is 18.1 Å². The van der Waals surface area contributed by atoms with Crippen molar-refractivity contribution in [3.63, 3.8) is 0 Å². The topological polar surface area (TPSA) is 104 Å². The molecule has 8 nitrogen and oxygen atoms in total. The highest BCUT2D eigenvalue weighted by atomic mass is 16.5. The van der Waals surface area contributed by atoms with Gasteiger partial charge in [-0.05, 0) is 68.1 Å². The summed E-state index contributed by atoms with van der Waals surface area (Å²) < 4.78 is 10.6. The molecule has 1 saturated heterocycles.